The first kappa shape index (κ1) is 4.61. The smallest absolute Gasteiger partial charge is 0.171 e. The summed E-state index contributed by atoms with van der Waals surface area (Å²) in [5, 5.41) is 4.10. The summed E-state index contributed by atoms with van der Waals surface area (Å²) in [5.41, 5.74) is 1.76. The maximum atomic E-state index is 5.06. The van der Waals surface area contributed by atoms with Gasteiger partial charge in [0.05, 0.1) is 12.5 Å². The van der Waals surface area contributed by atoms with E-state index in [2.05, 4.69) is 5.10 Å². The topological polar surface area (TPSA) is 31.0 Å². The fourth-order valence-corrected chi connectivity index (χ4v) is 0.862. The molecule has 0 atom stereocenters. The molecule has 3 heteroatoms. The molecule has 0 fully saturated rings. The first-order valence-electron chi connectivity index (χ1n) is 2.73. The van der Waals surface area contributed by atoms with E-state index in [1.165, 1.54) is 0 Å². The van der Waals surface area contributed by atoms with Crippen LogP contribution in [-0.2, 0) is 7.05 Å². The molecule has 0 radical (unpaired) electrons. The van der Waals surface area contributed by atoms with Gasteiger partial charge in [0.2, 0.25) is 0 Å². The fraction of sp³-hybridized carbons (Fsp3) is 0.167. The minimum absolute atomic E-state index is 0.845. The monoisotopic (exact) mass is 122 g/mol. The van der Waals surface area contributed by atoms with Gasteiger partial charge in [0.15, 0.2) is 5.58 Å². The molecule has 0 saturated carbocycles. The van der Waals surface area contributed by atoms with Crippen molar-refractivity contribution in [2.45, 2.75) is 0 Å². The molecule has 0 aliphatic rings. The predicted molar refractivity (Wildman–Crippen MR) is 33.0 cm³/mol. The number of nitrogens with zero attached hydrogens (tertiary/aromatic N) is 2. The van der Waals surface area contributed by atoms with Gasteiger partial charge in [0, 0.05) is 13.1 Å². The molecule has 0 amide bonds. The SMILES string of the molecule is Cn1cc2occc2n1. The molecule has 2 aromatic rings. The lowest BCUT2D eigenvalue weighted by Crippen LogP contribution is -1.84. The Balaban J connectivity index is 2.92. The zero-order valence-electron chi connectivity index (χ0n) is 5.03. The van der Waals surface area contributed by atoms with Gasteiger partial charge in [-0.15, -0.1) is 0 Å². The Kier molecular flexibility index (Phi) is 0.704. The average molecular weight is 122 g/mol. The van der Waals surface area contributed by atoms with Crippen LogP contribution in [0.15, 0.2) is 22.9 Å². The zero-order valence-corrected chi connectivity index (χ0v) is 5.03. The second kappa shape index (κ2) is 1.37. The van der Waals surface area contributed by atoms with E-state index in [-0.39, 0.29) is 0 Å². The van der Waals surface area contributed by atoms with Crippen molar-refractivity contribution in [2.75, 3.05) is 0 Å². The lowest BCUT2D eigenvalue weighted by atomic mass is 10.5. The van der Waals surface area contributed by atoms with E-state index in [1.807, 2.05) is 19.3 Å². The average Bonchev–Trinajstić information content (AvgIpc) is 2.22. The lowest BCUT2D eigenvalue weighted by Gasteiger charge is -1.79. The highest BCUT2D eigenvalue weighted by molar-refractivity contribution is 5.71. The molecule has 46 valence electrons. The summed E-state index contributed by atoms with van der Waals surface area (Å²) in [6.45, 7) is 0. The van der Waals surface area contributed by atoms with E-state index in [9.17, 15) is 0 Å². The highest BCUT2D eigenvalue weighted by Crippen LogP contribution is 2.10. The molecule has 3 nitrogen and oxygen atoms in total. The summed E-state index contributed by atoms with van der Waals surface area (Å²) in [5.74, 6) is 0. The van der Waals surface area contributed by atoms with Crippen molar-refractivity contribution in [3.63, 3.8) is 0 Å². The molecule has 2 rings (SSSR count). The van der Waals surface area contributed by atoms with Gasteiger partial charge in [-0.25, -0.2) is 0 Å². The van der Waals surface area contributed by atoms with Crippen molar-refractivity contribution in [2.24, 2.45) is 7.05 Å². The van der Waals surface area contributed by atoms with E-state index in [1.54, 1.807) is 10.9 Å². The lowest BCUT2D eigenvalue weighted by molar-refractivity contribution is 0.612. The summed E-state index contributed by atoms with van der Waals surface area (Å²) in [6.07, 6.45) is 3.48. The third kappa shape index (κ3) is 0.543. The highest BCUT2D eigenvalue weighted by Gasteiger charge is 1.97. The summed E-state index contributed by atoms with van der Waals surface area (Å²) < 4.78 is 6.79. The van der Waals surface area contributed by atoms with Crippen molar-refractivity contribution in [3.8, 4) is 0 Å². The quantitative estimate of drug-likeness (QED) is 0.525. The van der Waals surface area contributed by atoms with Crippen molar-refractivity contribution in [1.29, 1.82) is 0 Å². The third-order valence-electron chi connectivity index (χ3n) is 1.24. The Morgan fingerprint density at radius 1 is 1.67 bits per heavy atom. The fourth-order valence-electron chi connectivity index (χ4n) is 0.862. The second-order valence-electron chi connectivity index (χ2n) is 1.97. The Hall–Kier alpha value is -1.25. The summed E-state index contributed by atoms with van der Waals surface area (Å²) in [4.78, 5) is 0. The molecular formula is C6H6N2O. The highest BCUT2D eigenvalue weighted by atomic mass is 16.3. The Labute approximate surface area is 51.9 Å². The van der Waals surface area contributed by atoms with Crippen LogP contribution < -0.4 is 0 Å². The van der Waals surface area contributed by atoms with Crippen LogP contribution in [0.4, 0.5) is 0 Å². The third-order valence-corrected chi connectivity index (χ3v) is 1.24. The van der Waals surface area contributed by atoms with Gasteiger partial charge in [0.1, 0.15) is 5.52 Å². The van der Waals surface area contributed by atoms with E-state index in [4.69, 9.17) is 4.42 Å². The molecule has 0 unspecified atom stereocenters. The molecule has 9 heavy (non-hydrogen) atoms. The van der Waals surface area contributed by atoms with Crippen LogP contribution in [0.2, 0.25) is 0 Å². The Bertz CT molecular complexity index is 292. The molecule has 0 aliphatic heterocycles. The van der Waals surface area contributed by atoms with Crippen LogP contribution >= 0.6 is 0 Å². The van der Waals surface area contributed by atoms with Crippen molar-refractivity contribution < 1.29 is 4.42 Å². The molecular weight excluding hydrogens is 116 g/mol. The van der Waals surface area contributed by atoms with Gasteiger partial charge < -0.3 is 4.42 Å². The van der Waals surface area contributed by atoms with Gasteiger partial charge in [-0.3, -0.25) is 4.68 Å². The number of rotatable bonds is 0. The number of hydrogen-bond acceptors (Lipinski definition) is 2. The number of aromatic nitrogens is 2. The maximum Gasteiger partial charge on any atom is 0.171 e. The minimum Gasteiger partial charge on any atom is -0.461 e. The Morgan fingerprint density at radius 3 is 3.33 bits per heavy atom. The van der Waals surface area contributed by atoms with Gasteiger partial charge in [-0.1, -0.05) is 0 Å². The minimum atomic E-state index is 0.845. The molecule has 0 aliphatic carbocycles. The van der Waals surface area contributed by atoms with Crippen LogP contribution in [0, 0.1) is 0 Å². The van der Waals surface area contributed by atoms with E-state index < -0.39 is 0 Å². The number of hydrogen-bond donors (Lipinski definition) is 0. The number of aryl methyl sites for hydroxylation is 1. The first-order valence-corrected chi connectivity index (χ1v) is 2.73. The molecule has 0 aromatic carbocycles. The molecule has 0 spiro atoms. The van der Waals surface area contributed by atoms with Crippen LogP contribution in [-0.4, -0.2) is 9.78 Å². The number of fused-ring (bicyclic) bond motifs is 1. The summed E-state index contributed by atoms with van der Waals surface area (Å²) >= 11 is 0. The Morgan fingerprint density at radius 2 is 2.56 bits per heavy atom. The molecule has 0 bridgehead atoms. The van der Waals surface area contributed by atoms with Crippen LogP contribution in [0.5, 0.6) is 0 Å². The molecule has 0 N–H and O–H groups in total. The van der Waals surface area contributed by atoms with Gasteiger partial charge in [0.25, 0.3) is 0 Å². The predicted octanol–water partition coefficient (Wildman–Crippen LogP) is 1.17. The van der Waals surface area contributed by atoms with Gasteiger partial charge in [-0.2, -0.15) is 5.10 Å². The van der Waals surface area contributed by atoms with E-state index in [0.29, 0.717) is 0 Å². The van der Waals surface area contributed by atoms with Crippen LogP contribution in [0.3, 0.4) is 0 Å². The van der Waals surface area contributed by atoms with Crippen molar-refractivity contribution in [3.05, 3.63) is 18.5 Å². The van der Waals surface area contributed by atoms with Gasteiger partial charge in [-0.05, 0) is 0 Å². The normalized spacial score (nSPS) is 10.8. The van der Waals surface area contributed by atoms with Crippen molar-refractivity contribution in [1.82, 2.24) is 9.78 Å². The molecule has 2 heterocycles. The van der Waals surface area contributed by atoms with Crippen LogP contribution in [0.25, 0.3) is 11.1 Å². The molecule has 2 aromatic heterocycles. The summed E-state index contributed by atoms with van der Waals surface area (Å²) in [6, 6.07) is 1.84. The largest absolute Gasteiger partial charge is 0.461 e. The molecule has 0 saturated heterocycles. The number of furan rings is 1. The first-order chi connectivity index (χ1) is 4.36. The van der Waals surface area contributed by atoms with E-state index >= 15 is 0 Å². The van der Waals surface area contributed by atoms with Gasteiger partial charge >= 0.3 is 0 Å². The maximum absolute atomic E-state index is 5.06. The standard InChI is InChI=1S/C6H6N2O/c1-8-4-6-5(7-8)2-3-9-6/h2-4H,1H3. The van der Waals surface area contributed by atoms with E-state index in [0.717, 1.165) is 11.1 Å². The second-order valence-corrected chi connectivity index (χ2v) is 1.97. The van der Waals surface area contributed by atoms with Crippen LogP contribution in [0.1, 0.15) is 0 Å². The summed E-state index contributed by atoms with van der Waals surface area (Å²) in [7, 11) is 1.87. The van der Waals surface area contributed by atoms with Crippen molar-refractivity contribution >= 4 is 11.1 Å². The zero-order chi connectivity index (χ0) is 6.27.